The van der Waals surface area contributed by atoms with E-state index < -0.39 is 41.1 Å². The van der Waals surface area contributed by atoms with Crippen molar-refractivity contribution >= 4 is 23.5 Å². The van der Waals surface area contributed by atoms with Gasteiger partial charge in [-0.15, -0.1) is 0 Å². The van der Waals surface area contributed by atoms with Crippen molar-refractivity contribution in [1.82, 2.24) is 16.0 Å². The van der Waals surface area contributed by atoms with Crippen molar-refractivity contribution in [3.05, 3.63) is 41.5 Å². The number of hydrogen-bond donors (Lipinski definition) is 4. The summed E-state index contributed by atoms with van der Waals surface area (Å²) in [6.07, 6.45) is 7.72. The van der Waals surface area contributed by atoms with Crippen LogP contribution in [-0.4, -0.2) is 71.7 Å². The quantitative estimate of drug-likeness (QED) is 0.206. The fourth-order valence-corrected chi connectivity index (χ4v) is 5.69. The molecule has 4 rings (SSSR count). The molecule has 10 nitrogen and oxygen atoms in total. The average Bonchev–Trinajstić information content (AvgIpc) is 3.50. The van der Waals surface area contributed by atoms with E-state index in [1.54, 1.807) is 40.0 Å². The lowest BCUT2D eigenvalue weighted by Gasteiger charge is -2.32. The van der Waals surface area contributed by atoms with Crippen molar-refractivity contribution in [2.45, 2.75) is 108 Å². The normalized spacial score (nSPS) is 27.2. The van der Waals surface area contributed by atoms with Crippen molar-refractivity contribution < 1.29 is 33.8 Å². The molecule has 1 saturated carbocycles. The second-order valence-corrected chi connectivity index (χ2v) is 12.5. The highest BCUT2D eigenvalue weighted by Crippen LogP contribution is 2.32. The third-order valence-corrected chi connectivity index (χ3v) is 8.75. The molecule has 1 aliphatic heterocycles. The van der Waals surface area contributed by atoms with E-state index in [0.717, 1.165) is 30.4 Å². The molecule has 4 N–H and O–H groups in total. The molecule has 1 aromatic carbocycles. The number of amides is 3. The number of benzene rings is 1. The predicted octanol–water partition coefficient (Wildman–Crippen LogP) is 2.51. The fourth-order valence-electron chi connectivity index (χ4n) is 5.69. The van der Waals surface area contributed by atoms with Crippen LogP contribution in [0.2, 0.25) is 0 Å². The maximum Gasteiger partial charge on any atom is 0.243 e. The summed E-state index contributed by atoms with van der Waals surface area (Å²) in [5, 5.41) is 18.7. The van der Waals surface area contributed by atoms with Gasteiger partial charge >= 0.3 is 0 Å². The van der Waals surface area contributed by atoms with Crippen LogP contribution in [0.3, 0.4) is 0 Å². The van der Waals surface area contributed by atoms with E-state index >= 15 is 0 Å². The number of aliphatic hydroxyl groups is 1. The molecular weight excluding hydrogens is 538 g/mol. The van der Waals surface area contributed by atoms with Gasteiger partial charge in [0.1, 0.15) is 23.4 Å². The summed E-state index contributed by atoms with van der Waals surface area (Å²) in [5.74, 6) is -1.01. The number of ketones is 1. The number of hydrogen-bond acceptors (Lipinski definition) is 7. The van der Waals surface area contributed by atoms with Gasteiger partial charge in [0.25, 0.3) is 0 Å². The van der Waals surface area contributed by atoms with Crippen LogP contribution in [0.4, 0.5) is 0 Å². The maximum atomic E-state index is 13.7. The number of carbonyl (C=O) groups excluding carboxylic acids is 4. The molecule has 1 heterocycles. The van der Waals surface area contributed by atoms with E-state index in [4.69, 9.17) is 9.47 Å². The Hall–Kier alpha value is -3.24. The number of Topliss-reactive ketones (excluding diaryl/α,β-unsaturated/α-hetero) is 1. The third kappa shape index (κ3) is 8.41. The Bertz CT molecular complexity index is 1180. The molecule has 0 radical (unpaired) electrons. The number of methoxy groups -OCH3 is 1. The van der Waals surface area contributed by atoms with Crippen LogP contribution in [-0.2, 0) is 30.3 Å². The van der Waals surface area contributed by atoms with Crippen molar-refractivity contribution in [3.8, 4) is 5.75 Å². The first-order valence-electron chi connectivity index (χ1n) is 15.0. The first kappa shape index (κ1) is 31.7. The van der Waals surface area contributed by atoms with Crippen LogP contribution in [0, 0.1) is 5.92 Å². The van der Waals surface area contributed by atoms with E-state index in [1.165, 1.54) is 0 Å². The minimum absolute atomic E-state index is 0.176. The highest BCUT2D eigenvalue weighted by Gasteiger charge is 2.50. The molecule has 4 atom stereocenters. The summed E-state index contributed by atoms with van der Waals surface area (Å²) >= 11 is 0. The lowest BCUT2D eigenvalue weighted by Crippen LogP contribution is -2.57. The van der Waals surface area contributed by atoms with Crippen LogP contribution in [0.15, 0.2) is 35.9 Å². The third-order valence-electron chi connectivity index (χ3n) is 8.75. The van der Waals surface area contributed by atoms with E-state index in [2.05, 4.69) is 22.0 Å². The Balaban J connectivity index is 1.45. The second-order valence-electron chi connectivity index (χ2n) is 12.5. The number of nitrogens with one attached hydrogen (secondary N) is 3. The monoisotopic (exact) mass is 583 g/mol. The van der Waals surface area contributed by atoms with Gasteiger partial charge in [0.05, 0.1) is 25.4 Å². The molecule has 0 bridgehead atoms. The summed E-state index contributed by atoms with van der Waals surface area (Å²) in [6, 6.07) is 4.55. The summed E-state index contributed by atoms with van der Waals surface area (Å²) in [7, 11) is 1.57. The Labute approximate surface area is 248 Å². The zero-order chi connectivity index (χ0) is 30.5. The standard InChI is InChI=1S/C32H45N3O7/c1-20(33-29(38)23-13-15-31(2,40)16-14-23)28(37)35-26(18-22-9-11-24(41-4)12-10-22)30(39)34-25(17-21-7-5-6-8-21)27(36)32(3)19-42-32/h7,9-12,20,23,25-26,40H,5-6,8,13-19H2,1-4H3,(H,33,38)(H,34,39)(H,35,37)/t20-,23-,25+,26+,31-,32-/m1/s1. The molecule has 3 aliphatic rings. The summed E-state index contributed by atoms with van der Waals surface area (Å²) in [5.41, 5.74) is 0.255. The number of ether oxygens (including phenoxy) is 2. The summed E-state index contributed by atoms with van der Waals surface area (Å²) in [4.78, 5) is 53.2. The molecule has 3 amide bonds. The van der Waals surface area contributed by atoms with Gasteiger partial charge in [-0.05, 0) is 89.8 Å². The maximum absolute atomic E-state index is 13.7. The Morgan fingerprint density at radius 1 is 1.00 bits per heavy atom. The van der Waals surface area contributed by atoms with Gasteiger partial charge in [-0.2, -0.15) is 0 Å². The minimum atomic E-state index is -0.990. The molecule has 1 aromatic rings. The number of allylic oxidation sites excluding steroid dienone is 1. The molecular formula is C32H45N3O7. The molecule has 1 saturated heterocycles. The van der Waals surface area contributed by atoms with Crippen molar-refractivity contribution in [2.24, 2.45) is 5.92 Å². The molecule has 2 fully saturated rings. The van der Waals surface area contributed by atoms with Crippen LogP contribution >= 0.6 is 0 Å². The minimum Gasteiger partial charge on any atom is -0.497 e. The zero-order valence-electron chi connectivity index (χ0n) is 25.2. The van der Waals surface area contributed by atoms with E-state index in [-0.39, 0.29) is 24.0 Å². The lowest BCUT2D eigenvalue weighted by molar-refractivity contribution is -0.135. The largest absolute Gasteiger partial charge is 0.497 e. The number of rotatable bonds is 13. The molecule has 230 valence electrons. The smallest absolute Gasteiger partial charge is 0.243 e. The number of epoxide rings is 1. The highest BCUT2D eigenvalue weighted by molar-refractivity contribution is 5.98. The van der Waals surface area contributed by atoms with Crippen molar-refractivity contribution in [3.63, 3.8) is 0 Å². The van der Waals surface area contributed by atoms with Crippen LogP contribution in [0.5, 0.6) is 5.75 Å². The molecule has 10 heteroatoms. The van der Waals surface area contributed by atoms with E-state index in [1.807, 2.05) is 12.1 Å². The van der Waals surface area contributed by atoms with Gasteiger partial charge in [-0.1, -0.05) is 23.8 Å². The highest BCUT2D eigenvalue weighted by atomic mass is 16.6. The second kappa shape index (κ2) is 13.4. The zero-order valence-corrected chi connectivity index (χ0v) is 25.2. The van der Waals surface area contributed by atoms with Gasteiger partial charge < -0.3 is 30.5 Å². The van der Waals surface area contributed by atoms with Crippen LogP contribution in [0.1, 0.15) is 77.7 Å². The molecule has 0 unspecified atom stereocenters. The average molecular weight is 584 g/mol. The molecule has 0 spiro atoms. The molecule has 42 heavy (non-hydrogen) atoms. The van der Waals surface area contributed by atoms with Crippen LogP contribution < -0.4 is 20.7 Å². The fraction of sp³-hybridized carbons (Fsp3) is 0.625. The summed E-state index contributed by atoms with van der Waals surface area (Å²) < 4.78 is 10.6. The van der Waals surface area contributed by atoms with Crippen LogP contribution in [0.25, 0.3) is 0 Å². The number of carbonyl (C=O) groups is 4. The van der Waals surface area contributed by atoms with Gasteiger partial charge in [0, 0.05) is 12.3 Å². The Morgan fingerprint density at radius 2 is 1.64 bits per heavy atom. The van der Waals surface area contributed by atoms with Crippen molar-refractivity contribution in [1.29, 1.82) is 0 Å². The van der Waals surface area contributed by atoms with Gasteiger partial charge in [0.2, 0.25) is 17.7 Å². The SMILES string of the molecule is COc1ccc(C[C@H](NC(=O)[C@@H](C)NC(=O)[C@H]2CC[C@](C)(O)CC2)C(=O)N[C@@H](CC2=CCCC2)C(=O)[C@@]2(C)CO2)cc1. The molecule has 0 aromatic heterocycles. The van der Waals surface area contributed by atoms with Gasteiger partial charge in [-0.25, -0.2) is 0 Å². The van der Waals surface area contributed by atoms with Gasteiger partial charge in [-0.3, -0.25) is 19.2 Å². The Morgan fingerprint density at radius 3 is 2.21 bits per heavy atom. The summed E-state index contributed by atoms with van der Waals surface area (Å²) in [6.45, 7) is 5.40. The Kier molecular flexibility index (Phi) is 10.1. The topological polar surface area (TPSA) is 146 Å². The predicted molar refractivity (Wildman–Crippen MR) is 157 cm³/mol. The van der Waals surface area contributed by atoms with Gasteiger partial charge in [0.15, 0.2) is 5.78 Å². The van der Waals surface area contributed by atoms with E-state index in [0.29, 0.717) is 44.5 Å². The first-order valence-corrected chi connectivity index (χ1v) is 15.0. The first-order chi connectivity index (χ1) is 19.9. The lowest BCUT2D eigenvalue weighted by atomic mass is 9.79. The molecule has 2 aliphatic carbocycles. The van der Waals surface area contributed by atoms with E-state index in [9.17, 15) is 24.3 Å². The van der Waals surface area contributed by atoms with Crippen molar-refractivity contribution in [2.75, 3.05) is 13.7 Å².